The van der Waals surface area contributed by atoms with Gasteiger partial charge in [0.2, 0.25) is 0 Å². The lowest BCUT2D eigenvalue weighted by Gasteiger charge is -2.47. The number of rotatable bonds is 17. The van der Waals surface area contributed by atoms with Gasteiger partial charge < -0.3 is 35.3 Å². The summed E-state index contributed by atoms with van der Waals surface area (Å²) in [5, 5.41) is 6.09. The van der Waals surface area contributed by atoms with E-state index >= 15 is 0 Å². The summed E-state index contributed by atoms with van der Waals surface area (Å²) in [5.41, 5.74) is 11.5. The van der Waals surface area contributed by atoms with E-state index in [4.69, 9.17) is 0 Å². The number of carbonyl (C=O) groups excluding carboxylic acids is 2. The molecule has 2 aromatic heterocycles. The molecule has 1 saturated carbocycles. The molecule has 2 heterocycles. The number of amides is 2. The molecule has 2 aromatic carbocycles. The van der Waals surface area contributed by atoms with Crippen LogP contribution in [0, 0.1) is 55.4 Å². The molecule has 0 radical (unpaired) electrons. The van der Waals surface area contributed by atoms with Gasteiger partial charge >= 0.3 is 0 Å². The summed E-state index contributed by atoms with van der Waals surface area (Å²) in [6.45, 7) is 22.9. The minimum Gasteiger partial charge on any atom is -0.369 e. The smallest absolute Gasteiger partial charge is 0.253 e. The molecule has 1 atom stereocenters. The first-order valence-electron chi connectivity index (χ1n) is 22.4. The second-order valence-corrected chi connectivity index (χ2v) is 17.8. The highest BCUT2D eigenvalue weighted by Crippen LogP contribution is 2.36. The monoisotopic (exact) mass is 849 g/mol. The lowest BCUT2D eigenvalue weighted by molar-refractivity contribution is 0.0941. The fraction of sp³-hybridized carbons (Fsp3) is 0.520. The number of H-pyrrole nitrogens is 2. The number of hydrogen-bond acceptors (Lipinski definition) is 8. The number of carbonyl (C=O) groups is 2. The first kappa shape index (κ1) is 47.8. The molecule has 5 rings (SSSR count). The van der Waals surface area contributed by atoms with Crippen molar-refractivity contribution < 1.29 is 9.59 Å². The molecular weight excluding hydrogens is 777 g/mol. The molecule has 62 heavy (non-hydrogen) atoms. The molecular formula is C50H72N8O4. The van der Waals surface area contributed by atoms with Crippen molar-refractivity contribution in [3.63, 3.8) is 0 Å². The highest BCUT2D eigenvalue weighted by molar-refractivity contribution is 5.99. The van der Waals surface area contributed by atoms with Crippen LogP contribution in [-0.2, 0) is 13.1 Å². The number of aromatic amines is 2. The van der Waals surface area contributed by atoms with Gasteiger partial charge in [-0.3, -0.25) is 24.1 Å². The van der Waals surface area contributed by atoms with Crippen LogP contribution < -0.4 is 31.6 Å². The molecule has 12 nitrogen and oxygen atoms in total. The Hall–Kier alpha value is -5.20. The van der Waals surface area contributed by atoms with Crippen LogP contribution in [0.15, 0.2) is 46.0 Å². The summed E-state index contributed by atoms with van der Waals surface area (Å²) in [6.07, 6.45) is 5.14. The number of anilines is 2. The largest absolute Gasteiger partial charge is 0.369 e. The second-order valence-electron chi connectivity index (χ2n) is 17.8. The number of aryl methyl sites for hydroxylation is 5. The van der Waals surface area contributed by atoms with E-state index in [0.29, 0.717) is 34.3 Å². The molecule has 4 N–H and O–H groups in total. The number of pyridine rings is 2. The van der Waals surface area contributed by atoms with Gasteiger partial charge in [-0.15, -0.1) is 0 Å². The molecule has 12 heteroatoms. The maximum absolute atomic E-state index is 13.9. The van der Waals surface area contributed by atoms with E-state index in [9.17, 15) is 19.2 Å². The van der Waals surface area contributed by atoms with Crippen molar-refractivity contribution in [1.82, 2.24) is 30.4 Å². The van der Waals surface area contributed by atoms with Crippen LogP contribution in [0.25, 0.3) is 0 Å². The van der Waals surface area contributed by atoms with E-state index in [2.05, 4.69) is 101 Å². The molecule has 1 fully saturated rings. The first-order chi connectivity index (χ1) is 29.4. The average Bonchev–Trinajstić information content (AvgIpc) is 3.21. The SMILES string of the molecule is CCN(c1cc(C)c(C)c(C(=O)NCc2c(C)cc(C)[nH]c2=O)c1C)C1CCC(N(C)C(CCN(C)C)N(CC)c2cccc(C(=O)NCc3c(C)cc(C)[nH]c3=O)c2C)CC1. The molecule has 0 saturated heterocycles. The predicted molar refractivity (Wildman–Crippen MR) is 254 cm³/mol. The van der Waals surface area contributed by atoms with Crippen molar-refractivity contribution in [2.45, 2.75) is 133 Å². The quantitative estimate of drug-likeness (QED) is 0.0816. The van der Waals surface area contributed by atoms with E-state index in [0.717, 1.165) is 108 Å². The maximum Gasteiger partial charge on any atom is 0.253 e. The molecule has 1 aliphatic carbocycles. The Morgan fingerprint density at radius 3 is 1.74 bits per heavy atom. The van der Waals surface area contributed by atoms with Crippen LogP contribution >= 0.6 is 0 Å². The van der Waals surface area contributed by atoms with Crippen molar-refractivity contribution in [2.75, 3.05) is 50.6 Å². The van der Waals surface area contributed by atoms with Crippen LogP contribution in [-0.4, -0.2) is 90.6 Å². The average molecular weight is 849 g/mol. The van der Waals surface area contributed by atoms with Crippen molar-refractivity contribution >= 4 is 23.2 Å². The van der Waals surface area contributed by atoms with Gasteiger partial charge in [-0.05, 0) is 186 Å². The van der Waals surface area contributed by atoms with Gasteiger partial charge in [0.15, 0.2) is 0 Å². The van der Waals surface area contributed by atoms with Crippen molar-refractivity contribution in [3.8, 4) is 0 Å². The Labute approximate surface area is 369 Å². The van der Waals surface area contributed by atoms with Gasteiger partial charge in [0.1, 0.15) is 0 Å². The van der Waals surface area contributed by atoms with Gasteiger partial charge in [0.25, 0.3) is 22.9 Å². The normalized spacial score (nSPS) is 15.8. The zero-order chi connectivity index (χ0) is 45.6. The van der Waals surface area contributed by atoms with Crippen LogP contribution in [0.5, 0.6) is 0 Å². The van der Waals surface area contributed by atoms with Gasteiger partial charge in [-0.1, -0.05) is 6.07 Å². The van der Waals surface area contributed by atoms with Crippen LogP contribution in [0.1, 0.15) is 123 Å². The number of aromatic nitrogens is 2. The topological polar surface area (TPSA) is 137 Å². The molecule has 0 spiro atoms. The molecule has 336 valence electrons. The van der Waals surface area contributed by atoms with E-state index in [1.807, 2.05) is 65.8 Å². The lowest BCUT2D eigenvalue weighted by Crippen LogP contribution is -2.54. The zero-order valence-electron chi connectivity index (χ0n) is 39.7. The third-order valence-electron chi connectivity index (χ3n) is 13.3. The van der Waals surface area contributed by atoms with Crippen LogP contribution in [0.4, 0.5) is 11.4 Å². The van der Waals surface area contributed by atoms with Crippen LogP contribution in [0.3, 0.4) is 0 Å². The molecule has 4 aromatic rings. The summed E-state index contributed by atoms with van der Waals surface area (Å²) >= 11 is 0. The van der Waals surface area contributed by atoms with E-state index < -0.39 is 0 Å². The van der Waals surface area contributed by atoms with Gasteiger partial charge in [0, 0.05) is 89.8 Å². The lowest BCUT2D eigenvalue weighted by atomic mass is 9.87. The van der Waals surface area contributed by atoms with Gasteiger partial charge in [-0.2, -0.15) is 0 Å². The molecule has 2 amide bonds. The van der Waals surface area contributed by atoms with E-state index in [-0.39, 0.29) is 42.2 Å². The minimum atomic E-state index is -0.197. The van der Waals surface area contributed by atoms with E-state index in [1.54, 1.807) is 0 Å². The summed E-state index contributed by atoms with van der Waals surface area (Å²) < 4.78 is 0. The van der Waals surface area contributed by atoms with Crippen molar-refractivity contribution in [1.29, 1.82) is 0 Å². The molecule has 0 aliphatic heterocycles. The molecule has 0 bridgehead atoms. The number of hydrogen-bond donors (Lipinski definition) is 4. The Morgan fingerprint density at radius 2 is 1.23 bits per heavy atom. The summed E-state index contributed by atoms with van der Waals surface area (Å²) in [7, 11) is 6.50. The summed E-state index contributed by atoms with van der Waals surface area (Å²) in [5.74, 6) is -0.359. The number of nitrogens with one attached hydrogen (secondary N) is 4. The third kappa shape index (κ3) is 10.7. The minimum absolute atomic E-state index is 0.0966. The summed E-state index contributed by atoms with van der Waals surface area (Å²) in [6, 6.07) is 12.8. The Balaban J connectivity index is 1.33. The Bertz CT molecular complexity index is 2360. The molecule has 1 unspecified atom stereocenters. The highest BCUT2D eigenvalue weighted by Gasteiger charge is 2.34. The van der Waals surface area contributed by atoms with Crippen molar-refractivity contribution in [2.24, 2.45) is 0 Å². The zero-order valence-corrected chi connectivity index (χ0v) is 39.7. The van der Waals surface area contributed by atoms with Crippen LogP contribution in [0.2, 0.25) is 0 Å². The fourth-order valence-corrected chi connectivity index (χ4v) is 9.71. The van der Waals surface area contributed by atoms with Crippen molar-refractivity contribution in [3.05, 3.63) is 124 Å². The first-order valence-corrected chi connectivity index (χ1v) is 22.4. The molecule has 1 aliphatic rings. The number of nitrogens with zero attached hydrogens (tertiary/aromatic N) is 4. The maximum atomic E-state index is 13.9. The van der Waals surface area contributed by atoms with E-state index in [1.165, 1.54) is 0 Å². The standard InChI is InChI=1S/C50H72N8O4/c1-14-57(44-27-30(3)35(8)46(37(44)10)50(62)52-29-42-32(5)26-34(7)54-49(42)61)39-21-19-38(20-22-39)56(13)45(23-24-55(11)12)58(15-2)43-18-16-17-40(36(43)9)47(59)51-28-41-31(4)25-33(6)53-48(41)60/h16-18,25-27,38-39,45H,14-15,19-24,28-29H2,1-13H3,(H,51,59)(H,52,62)(H,53,60)(H,54,61). The Kier molecular flexibility index (Phi) is 16.0. The predicted octanol–water partition coefficient (Wildman–Crippen LogP) is 7.26. The van der Waals surface area contributed by atoms with Gasteiger partial charge in [-0.25, -0.2) is 0 Å². The fourth-order valence-electron chi connectivity index (χ4n) is 9.71. The second kappa shape index (κ2) is 20.8. The highest BCUT2D eigenvalue weighted by atomic mass is 16.2. The summed E-state index contributed by atoms with van der Waals surface area (Å²) in [4.78, 5) is 68.5. The van der Waals surface area contributed by atoms with Gasteiger partial charge in [0.05, 0.1) is 6.17 Å². The Morgan fingerprint density at radius 1 is 0.677 bits per heavy atom. The number of benzene rings is 2. The third-order valence-corrected chi connectivity index (χ3v) is 13.3.